The van der Waals surface area contributed by atoms with Crippen molar-refractivity contribution in [3.8, 4) is 22.8 Å². The molecule has 1 aromatic carbocycles. The van der Waals surface area contributed by atoms with Crippen LogP contribution in [0.25, 0.3) is 11.3 Å². The lowest BCUT2D eigenvalue weighted by atomic mass is 10.1. The van der Waals surface area contributed by atoms with Crippen molar-refractivity contribution in [2.45, 2.75) is 0 Å². The monoisotopic (exact) mass is 222 g/mol. The van der Waals surface area contributed by atoms with Crippen LogP contribution in [0.5, 0.6) is 11.5 Å². The number of nitrogen functional groups attached to an aromatic ring is 1. The summed E-state index contributed by atoms with van der Waals surface area (Å²) in [6.45, 7) is 0.0245. The number of nitrogens with zero attached hydrogens (tertiary/aromatic N) is 1. The molecule has 0 radical (unpaired) electrons. The van der Waals surface area contributed by atoms with E-state index in [2.05, 4.69) is 9.68 Å². The van der Waals surface area contributed by atoms with Crippen LogP contribution in [-0.2, 0) is 0 Å². The summed E-state index contributed by atoms with van der Waals surface area (Å²) in [5.74, 6) is 0.0900. The zero-order valence-electron chi connectivity index (χ0n) is 8.07. The second-order valence-corrected chi connectivity index (χ2v) is 3.28. The minimum Gasteiger partial charge on any atom is -0.453 e. The number of anilines is 1. The average Bonchev–Trinajstić information content (AvgIpc) is 2.87. The molecule has 2 heterocycles. The molecule has 0 fully saturated rings. The maximum atomic E-state index is 13.9. The molecule has 5 nitrogen and oxygen atoms in total. The Labute approximate surface area is 89.5 Å². The Morgan fingerprint density at radius 3 is 2.94 bits per heavy atom. The number of fused-ring (bicyclic) bond motifs is 1. The maximum Gasteiger partial charge on any atom is 0.231 e. The first-order chi connectivity index (χ1) is 7.75. The summed E-state index contributed by atoms with van der Waals surface area (Å²) in [5, 5.41) is 3.64. The first kappa shape index (κ1) is 9.02. The summed E-state index contributed by atoms with van der Waals surface area (Å²) in [7, 11) is 0. The Kier molecular flexibility index (Phi) is 1.76. The maximum absolute atomic E-state index is 13.9. The van der Waals surface area contributed by atoms with E-state index in [4.69, 9.17) is 15.2 Å². The summed E-state index contributed by atoms with van der Waals surface area (Å²) >= 11 is 0. The molecule has 0 aliphatic carbocycles. The summed E-state index contributed by atoms with van der Waals surface area (Å²) in [5.41, 5.74) is 5.97. The van der Waals surface area contributed by atoms with Crippen molar-refractivity contribution in [3.05, 3.63) is 24.0 Å². The van der Waals surface area contributed by atoms with Crippen molar-refractivity contribution < 1.29 is 18.4 Å². The van der Waals surface area contributed by atoms with Crippen molar-refractivity contribution in [1.29, 1.82) is 0 Å². The predicted octanol–water partition coefficient (Wildman–Crippen LogP) is 1.79. The SMILES string of the molecule is Nc1cc(-c2ccc3c(c2F)OCO3)no1. The van der Waals surface area contributed by atoms with Crippen LogP contribution in [0.3, 0.4) is 0 Å². The number of hydrogen-bond donors (Lipinski definition) is 1. The van der Waals surface area contributed by atoms with Crippen LogP contribution in [0, 0.1) is 5.82 Å². The third kappa shape index (κ3) is 1.19. The zero-order chi connectivity index (χ0) is 11.1. The number of aromatic nitrogens is 1. The van der Waals surface area contributed by atoms with E-state index in [1.165, 1.54) is 6.07 Å². The standard InChI is InChI=1S/C10H7FN2O3/c11-9-5(6-3-8(12)16-13-6)1-2-7-10(9)15-4-14-7/h1-3H,4,12H2. The molecule has 3 rings (SSSR count). The van der Waals surface area contributed by atoms with Crippen LogP contribution in [0.15, 0.2) is 22.7 Å². The van der Waals surface area contributed by atoms with Crippen molar-refractivity contribution in [1.82, 2.24) is 5.16 Å². The number of benzene rings is 1. The molecule has 0 bridgehead atoms. The van der Waals surface area contributed by atoms with Crippen LogP contribution in [0.4, 0.5) is 10.3 Å². The van der Waals surface area contributed by atoms with Crippen LogP contribution in [0.1, 0.15) is 0 Å². The fourth-order valence-corrected chi connectivity index (χ4v) is 1.55. The normalized spacial score (nSPS) is 13.1. The van der Waals surface area contributed by atoms with Gasteiger partial charge in [-0.3, -0.25) is 0 Å². The van der Waals surface area contributed by atoms with E-state index in [9.17, 15) is 4.39 Å². The van der Waals surface area contributed by atoms with Crippen LogP contribution < -0.4 is 15.2 Å². The summed E-state index contributed by atoms with van der Waals surface area (Å²) < 4.78 is 28.7. The van der Waals surface area contributed by atoms with Gasteiger partial charge < -0.3 is 19.7 Å². The van der Waals surface area contributed by atoms with Crippen LogP contribution >= 0.6 is 0 Å². The molecular weight excluding hydrogens is 215 g/mol. The highest BCUT2D eigenvalue weighted by molar-refractivity contribution is 5.66. The van der Waals surface area contributed by atoms with Gasteiger partial charge in [-0.15, -0.1) is 0 Å². The van der Waals surface area contributed by atoms with E-state index in [0.717, 1.165) is 0 Å². The van der Waals surface area contributed by atoms with Gasteiger partial charge in [0.05, 0.1) is 0 Å². The van der Waals surface area contributed by atoms with Gasteiger partial charge in [0.15, 0.2) is 11.6 Å². The lowest BCUT2D eigenvalue weighted by molar-refractivity contribution is 0.171. The Morgan fingerprint density at radius 2 is 2.19 bits per heavy atom. The van der Waals surface area contributed by atoms with Gasteiger partial charge in [-0.05, 0) is 12.1 Å². The smallest absolute Gasteiger partial charge is 0.231 e. The molecule has 0 atom stereocenters. The molecule has 82 valence electrons. The predicted molar refractivity (Wildman–Crippen MR) is 52.4 cm³/mol. The molecule has 2 N–H and O–H groups in total. The third-order valence-corrected chi connectivity index (χ3v) is 2.28. The lowest BCUT2D eigenvalue weighted by Crippen LogP contribution is -1.94. The van der Waals surface area contributed by atoms with Gasteiger partial charge in [0.1, 0.15) is 5.69 Å². The molecule has 16 heavy (non-hydrogen) atoms. The second-order valence-electron chi connectivity index (χ2n) is 3.28. The summed E-state index contributed by atoms with van der Waals surface area (Å²) in [6, 6.07) is 4.60. The van der Waals surface area contributed by atoms with Gasteiger partial charge in [-0.25, -0.2) is 4.39 Å². The van der Waals surface area contributed by atoms with E-state index in [1.807, 2.05) is 0 Å². The van der Waals surface area contributed by atoms with Crippen molar-refractivity contribution >= 4 is 5.88 Å². The Hall–Kier alpha value is -2.24. The van der Waals surface area contributed by atoms with Gasteiger partial charge in [0.2, 0.25) is 18.4 Å². The highest BCUT2D eigenvalue weighted by atomic mass is 19.1. The molecule has 2 aromatic rings. The van der Waals surface area contributed by atoms with Gasteiger partial charge in [0, 0.05) is 11.6 Å². The van der Waals surface area contributed by atoms with Gasteiger partial charge >= 0.3 is 0 Å². The molecule has 6 heteroatoms. The fraction of sp³-hybridized carbons (Fsp3) is 0.100. The number of hydrogen-bond acceptors (Lipinski definition) is 5. The first-order valence-electron chi connectivity index (χ1n) is 4.56. The Morgan fingerprint density at radius 1 is 1.31 bits per heavy atom. The minimum atomic E-state index is -0.525. The number of nitrogens with two attached hydrogens (primary N) is 1. The second kappa shape index (κ2) is 3.13. The largest absolute Gasteiger partial charge is 0.453 e. The summed E-state index contributed by atoms with van der Waals surface area (Å²) in [6.07, 6.45) is 0. The molecule has 1 aliphatic rings. The van der Waals surface area contributed by atoms with Gasteiger partial charge in [-0.1, -0.05) is 5.16 Å². The highest BCUT2D eigenvalue weighted by Crippen LogP contribution is 2.39. The molecule has 0 saturated heterocycles. The Balaban J connectivity index is 2.15. The van der Waals surface area contributed by atoms with E-state index < -0.39 is 5.82 Å². The lowest BCUT2D eigenvalue weighted by Gasteiger charge is -2.01. The molecule has 1 aromatic heterocycles. The number of rotatable bonds is 1. The van der Waals surface area contributed by atoms with E-state index >= 15 is 0 Å². The minimum absolute atomic E-state index is 0.0245. The molecule has 0 saturated carbocycles. The first-order valence-corrected chi connectivity index (χ1v) is 4.56. The highest BCUT2D eigenvalue weighted by Gasteiger charge is 2.22. The average molecular weight is 222 g/mol. The third-order valence-electron chi connectivity index (χ3n) is 2.28. The summed E-state index contributed by atoms with van der Waals surface area (Å²) in [4.78, 5) is 0. The van der Waals surface area contributed by atoms with E-state index in [-0.39, 0.29) is 24.0 Å². The Bertz CT molecular complexity index is 553. The van der Waals surface area contributed by atoms with Crippen LogP contribution in [0.2, 0.25) is 0 Å². The zero-order valence-corrected chi connectivity index (χ0v) is 8.07. The molecule has 0 spiro atoms. The van der Waals surface area contributed by atoms with Crippen molar-refractivity contribution in [3.63, 3.8) is 0 Å². The van der Waals surface area contributed by atoms with E-state index in [0.29, 0.717) is 11.4 Å². The fourth-order valence-electron chi connectivity index (χ4n) is 1.55. The van der Waals surface area contributed by atoms with Crippen LogP contribution in [-0.4, -0.2) is 11.9 Å². The molecule has 0 unspecified atom stereocenters. The number of ether oxygens (including phenoxy) is 2. The van der Waals surface area contributed by atoms with E-state index in [1.54, 1.807) is 12.1 Å². The molecule has 0 amide bonds. The molecular formula is C10H7FN2O3. The topological polar surface area (TPSA) is 70.5 Å². The van der Waals surface area contributed by atoms with Gasteiger partial charge in [0.25, 0.3) is 0 Å². The number of halogens is 1. The van der Waals surface area contributed by atoms with Crippen molar-refractivity contribution in [2.75, 3.05) is 12.5 Å². The quantitative estimate of drug-likeness (QED) is 0.796. The van der Waals surface area contributed by atoms with Gasteiger partial charge in [-0.2, -0.15) is 0 Å². The van der Waals surface area contributed by atoms with Crippen molar-refractivity contribution in [2.24, 2.45) is 0 Å². The molecule has 1 aliphatic heterocycles.